The van der Waals surface area contributed by atoms with Crippen molar-refractivity contribution in [2.45, 2.75) is 6.92 Å². The highest BCUT2D eigenvalue weighted by molar-refractivity contribution is 7.22. The van der Waals surface area contributed by atoms with Crippen molar-refractivity contribution < 1.29 is 4.42 Å². The summed E-state index contributed by atoms with van der Waals surface area (Å²) in [4.78, 5) is 8.89. The zero-order valence-corrected chi connectivity index (χ0v) is 12.1. The first-order valence-corrected chi connectivity index (χ1v) is 7.29. The van der Waals surface area contributed by atoms with Crippen LogP contribution in [0.25, 0.3) is 21.3 Å². The molecule has 104 valence electrons. The van der Waals surface area contributed by atoms with Gasteiger partial charge in [-0.15, -0.1) is 0 Å². The van der Waals surface area contributed by atoms with Crippen molar-refractivity contribution in [2.75, 3.05) is 11.1 Å². The van der Waals surface area contributed by atoms with E-state index in [1.54, 1.807) is 0 Å². The van der Waals surface area contributed by atoms with Gasteiger partial charge in [0.05, 0.1) is 10.2 Å². The predicted octanol–water partition coefficient (Wildman–Crippen LogP) is 4.07. The van der Waals surface area contributed by atoms with Crippen LogP contribution >= 0.6 is 11.3 Å². The summed E-state index contributed by atoms with van der Waals surface area (Å²) in [6.07, 6.45) is 0. The summed E-state index contributed by atoms with van der Waals surface area (Å²) in [6.45, 7) is 2.02. The number of oxazole rings is 1. The van der Waals surface area contributed by atoms with Gasteiger partial charge in [0, 0.05) is 5.69 Å². The molecule has 0 saturated carbocycles. The molecule has 0 spiro atoms. The second kappa shape index (κ2) is 4.46. The molecule has 4 aromatic rings. The highest BCUT2D eigenvalue weighted by atomic mass is 32.1. The van der Waals surface area contributed by atoms with Crippen LogP contribution in [0, 0.1) is 6.92 Å². The monoisotopic (exact) mass is 296 g/mol. The molecular weight excluding hydrogens is 284 g/mol. The summed E-state index contributed by atoms with van der Waals surface area (Å²) < 4.78 is 6.72. The fourth-order valence-corrected chi connectivity index (χ4v) is 3.08. The van der Waals surface area contributed by atoms with E-state index < -0.39 is 0 Å². The lowest BCUT2D eigenvalue weighted by Gasteiger charge is -1.92. The molecule has 4 rings (SSSR count). The number of nitrogens with zero attached hydrogens (tertiary/aromatic N) is 2. The molecule has 21 heavy (non-hydrogen) atoms. The first-order valence-electron chi connectivity index (χ1n) is 6.48. The molecule has 2 aromatic heterocycles. The van der Waals surface area contributed by atoms with Gasteiger partial charge in [-0.3, -0.25) is 5.32 Å². The molecule has 0 aliphatic carbocycles. The lowest BCUT2D eigenvalue weighted by molar-refractivity contribution is 0.623. The van der Waals surface area contributed by atoms with E-state index in [2.05, 4.69) is 15.3 Å². The van der Waals surface area contributed by atoms with Crippen LogP contribution in [-0.4, -0.2) is 9.97 Å². The van der Waals surface area contributed by atoms with Crippen LogP contribution < -0.4 is 11.1 Å². The molecule has 0 atom stereocenters. The first kappa shape index (κ1) is 12.2. The summed E-state index contributed by atoms with van der Waals surface area (Å²) in [5, 5.41) is 3.85. The zero-order valence-electron chi connectivity index (χ0n) is 11.3. The van der Waals surface area contributed by atoms with Crippen LogP contribution in [-0.2, 0) is 0 Å². The molecule has 2 heterocycles. The molecule has 0 unspecified atom stereocenters. The molecule has 2 aromatic carbocycles. The Balaban J connectivity index is 1.71. The minimum absolute atomic E-state index is 0.447. The van der Waals surface area contributed by atoms with Gasteiger partial charge in [-0.2, -0.15) is 4.98 Å². The van der Waals surface area contributed by atoms with Crippen molar-refractivity contribution in [3.63, 3.8) is 0 Å². The van der Waals surface area contributed by atoms with Crippen LogP contribution in [0.2, 0.25) is 0 Å². The summed E-state index contributed by atoms with van der Waals surface area (Å²) >= 11 is 1.52. The number of rotatable bonds is 2. The molecule has 5 nitrogen and oxygen atoms in total. The van der Waals surface area contributed by atoms with Crippen molar-refractivity contribution in [1.82, 2.24) is 9.97 Å². The maximum absolute atomic E-state index is 5.78. The Morgan fingerprint density at radius 3 is 2.86 bits per heavy atom. The van der Waals surface area contributed by atoms with Crippen LogP contribution in [0.4, 0.5) is 16.8 Å². The second-order valence-electron chi connectivity index (χ2n) is 4.86. The second-order valence-corrected chi connectivity index (χ2v) is 5.89. The smallest absolute Gasteiger partial charge is 0.302 e. The van der Waals surface area contributed by atoms with Gasteiger partial charge in [0.1, 0.15) is 5.52 Å². The van der Waals surface area contributed by atoms with E-state index in [1.165, 1.54) is 11.3 Å². The SMILES string of the molecule is Cc1ccc2nc(Nc3nc4ccc(N)cc4s3)oc2c1. The summed E-state index contributed by atoms with van der Waals surface area (Å²) in [5.41, 5.74) is 10.1. The van der Waals surface area contributed by atoms with E-state index in [4.69, 9.17) is 10.2 Å². The number of anilines is 3. The van der Waals surface area contributed by atoms with Crippen molar-refractivity contribution >= 4 is 49.5 Å². The van der Waals surface area contributed by atoms with Crippen LogP contribution in [0.5, 0.6) is 0 Å². The Morgan fingerprint density at radius 2 is 1.95 bits per heavy atom. The average molecular weight is 296 g/mol. The summed E-state index contributed by atoms with van der Waals surface area (Å²) in [5.74, 6) is 0. The third-order valence-electron chi connectivity index (χ3n) is 3.17. The van der Waals surface area contributed by atoms with Crippen LogP contribution in [0.1, 0.15) is 5.56 Å². The lowest BCUT2D eigenvalue weighted by Crippen LogP contribution is -1.88. The van der Waals surface area contributed by atoms with Gasteiger partial charge in [-0.05, 0) is 42.8 Å². The number of thiazole rings is 1. The van der Waals surface area contributed by atoms with Gasteiger partial charge in [0.2, 0.25) is 0 Å². The quantitative estimate of drug-likeness (QED) is 0.545. The Morgan fingerprint density at radius 1 is 1.10 bits per heavy atom. The lowest BCUT2D eigenvalue weighted by atomic mass is 10.2. The van der Waals surface area contributed by atoms with Crippen LogP contribution in [0.3, 0.4) is 0 Å². The van der Waals surface area contributed by atoms with Crippen molar-refractivity contribution in [1.29, 1.82) is 0 Å². The third kappa shape index (κ3) is 2.19. The van der Waals surface area contributed by atoms with Gasteiger partial charge in [0.15, 0.2) is 10.7 Å². The number of aromatic nitrogens is 2. The van der Waals surface area contributed by atoms with E-state index >= 15 is 0 Å². The van der Waals surface area contributed by atoms with E-state index in [0.717, 1.165) is 37.7 Å². The number of aryl methyl sites for hydroxylation is 1. The molecule has 0 amide bonds. The van der Waals surface area contributed by atoms with Gasteiger partial charge < -0.3 is 10.2 Å². The Labute approximate surface area is 124 Å². The standard InChI is InChI=1S/C15H12N4OS/c1-8-2-4-10-12(6-8)20-14(17-10)19-15-18-11-5-3-9(16)7-13(11)21-15/h2-7H,16H2,1H3,(H,17,18,19). The van der Waals surface area contributed by atoms with Crippen molar-refractivity contribution in [3.8, 4) is 0 Å². The van der Waals surface area contributed by atoms with Crippen molar-refractivity contribution in [2.24, 2.45) is 0 Å². The van der Waals surface area contributed by atoms with E-state index in [0.29, 0.717) is 6.01 Å². The first-order chi connectivity index (χ1) is 10.2. The number of hydrogen-bond acceptors (Lipinski definition) is 6. The summed E-state index contributed by atoms with van der Waals surface area (Å²) in [7, 11) is 0. The Kier molecular flexibility index (Phi) is 2.58. The van der Waals surface area contributed by atoms with Gasteiger partial charge in [-0.1, -0.05) is 17.4 Å². The van der Waals surface area contributed by atoms with Crippen molar-refractivity contribution in [3.05, 3.63) is 42.0 Å². The average Bonchev–Trinajstić information content (AvgIpc) is 3.00. The maximum atomic E-state index is 5.78. The number of nitrogens with one attached hydrogen (secondary N) is 1. The van der Waals surface area contributed by atoms with Gasteiger partial charge in [0.25, 0.3) is 0 Å². The van der Waals surface area contributed by atoms with Gasteiger partial charge >= 0.3 is 6.01 Å². The largest absolute Gasteiger partial charge is 0.423 e. The molecule has 0 fully saturated rings. The number of benzene rings is 2. The highest BCUT2D eigenvalue weighted by Gasteiger charge is 2.09. The van der Waals surface area contributed by atoms with E-state index in [9.17, 15) is 0 Å². The molecule has 0 saturated heterocycles. The highest BCUT2D eigenvalue weighted by Crippen LogP contribution is 2.30. The molecule has 0 bridgehead atoms. The number of fused-ring (bicyclic) bond motifs is 2. The maximum Gasteiger partial charge on any atom is 0.302 e. The third-order valence-corrected chi connectivity index (χ3v) is 4.10. The number of nitrogens with two attached hydrogens (primary N) is 1. The van der Waals surface area contributed by atoms with Crippen LogP contribution in [0.15, 0.2) is 40.8 Å². The normalized spacial score (nSPS) is 11.3. The minimum Gasteiger partial charge on any atom is -0.423 e. The molecule has 0 aliphatic rings. The minimum atomic E-state index is 0.447. The van der Waals surface area contributed by atoms with E-state index in [1.807, 2.05) is 43.3 Å². The summed E-state index contributed by atoms with van der Waals surface area (Å²) in [6, 6.07) is 12.0. The Hall–Kier alpha value is -2.60. The topological polar surface area (TPSA) is 77.0 Å². The fraction of sp³-hybridized carbons (Fsp3) is 0.0667. The molecule has 3 N–H and O–H groups in total. The molecule has 0 aliphatic heterocycles. The fourth-order valence-electron chi connectivity index (χ4n) is 2.17. The molecular formula is C15H12N4OS. The Bertz CT molecular complexity index is 879. The van der Waals surface area contributed by atoms with Gasteiger partial charge in [-0.25, -0.2) is 4.98 Å². The van der Waals surface area contributed by atoms with E-state index in [-0.39, 0.29) is 0 Å². The number of nitrogen functional groups attached to an aromatic ring is 1. The zero-order chi connectivity index (χ0) is 14.4. The molecule has 0 radical (unpaired) electrons. The molecule has 6 heteroatoms. The number of hydrogen-bond donors (Lipinski definition) is 2. The predicted molar refractivity (Wildman–Crippen MR) is 86.1 cm³/mol.